The van der Waals surface area contributed by atoms with Gasteiger partial charge in [0.2, 0.25) is 0 Å². The first kappa shape index (κ1) is 12.6. The van der Waals surface area contributed by atoms with Gasteiger partial charge in [0, 0.05) is 19.2 Å². The first-order valence-corrected chi connectivity index (χ1v) is 6.97. The van der Waals surface area contributed by atoms with Gasteiger partial charge in [0.05, 0.1) is 0 Å². The van der Waals surface area contributed by atoms with Crippen molar-refractivity contribution in [2.75, 3.05) is 20.1 Å². The molecule has 1 aliphatic rings. The number of likely N-dealkylation sites (tertiary alicyclic amines) is 1. The second-order valence-electron chi connectivity index (χ2n) is 5.52. The van der Waals surface area contributed by atoms with Crippen LogP contribution in [0, 0.1) is 5.92 Å². The SMILES string of the molecule is CN1CCC(Cc2nc3ccc(CN)cn3n2)CC1. The van der Waals surface area contributed by atoms with Crippen molar-refractivity contribution in [2.45, 2.75) is 25.8 Å². The Labute approximate surface area is 113 Å². The predicted molar refractivity (Wildman–Crippen MR) is 74.8 cm³/mol. The van der Waals surface area contributed by atoms with Crippen LogP contribution in [0.4, 0.5) is 0 Å². The van der Waals surface area contributed by atoms with Crippen LogP contribution >= 0.6 is 0 Å². The van der Waals surface area contributed by atoms with Crippen LogP contribution in [-0.2, 0) is 13.0 Å². The largest absolute Gasteiger partial charge is 0.326 e. The molecule has 0 aromatic carbocycles. The smallest absolute Gasteiger partial charge is 0.155 e. The molecule has 0 spiro atoms. The summed E-state index contributed by atoms with van der Waals surface area (Å²) in [5.41, 5.74) is 7.65. The highest BCUT2D eigenvalue weighted by atomic mass is 15.3. The summed E-state index contributed by atoms with van der Waals surface area (Å²) in [6.07, 6.45) is 5.47. The number of aromatic nitrogens is 3. The summed E-state index contributed by atoms with van der Waals surface area (Å²) in [6, 6.07) is 4.01. The highest BCUT2D eigenvalue weighted by Crippen LogP contribution is 2.19. The van der Waals surface area contributed by atoms with E-state index in [0.29, 0.717) is 6.54 Å². The zero-order chi connectivity index (χ0) is 13.2. The Morgan fingerprint density at radius 1 is 1.32 bits per heavy atom. The Morgan fingerprint density at radius 3 is 2.84 bits per heavy atom. The lowest BCUT2D eigenvalue weighted by Gasteiger charge is -2.28. The Morgan fingerprint density at radius 2 is 2.11 bits per heavy atom. The van der Waals surface area contributed by atoms with Gasteiger partial charge in [-0.1, -0.05) is 6.07 Å². The van der Waals surface area contributed by atoms with E-state index in [2.05, 4.69) is 22.0 Å². The van der Waals surface area contributed by atoms with Crippen molar-refractivity contribution < 1.29 is 0 Å². The third-order valence-corrected chi connectivity index (χ3v) is 3.98. The molecule has 3 rings (SSSR count). The molecule has 5 nitrogen and oxygen atoms in total. The van der Waals surface area contributed by atoms with Crippen LogP contribution in [0.1, 0.15) is 24.2 Å². The maximum Gasteiger partial charge on any atom is 0.155 e. The molecule has 1 aliphatic heterocycles. The van der Waals surface area contributed by atoms with E-state index < -0.39 is 0 Å². The van der Waals surface area contributed by atoms with Gasteiger partial charge >= 0.3 is 0 Å². The minimum atomic E-state index is 0.542. The van der Waals surface area contributed by atoms with Crippen LogP contribution < -0.4 is 5.73 Å². The van der Waals surface area contributed by atoms with Crippen molar-refractivity contribution in [3.05, 3.63) is 29.7 Å². The van der Waals surface area contributed by atoms with Crippen LogP contribution in [0.15, 0.2) is 18.3 Å². The minimum absolute atomic E-state index is 0.542. The van der Waals surface area contributed by atoms with Gasteiger partial charge in [0.25, 0.3) is 0 Å². The molecular weight excluding hydrogens is 238 g/mol. The number of nitrogens with zero attached hydrogens (tertiary/aromatic N) is 4. The third kappa shape index (κ3) is 2.77. The van der Waals surface area contributed by atoms with Gasteiger partial charge < -0.3 is 10.6 Å². The predicted octanol–water partition coefficient (Wildman–Crippen LogP) is 1.07. The summed E-state index contributed by atoms with van der Waals surface area (Å²) in [5, 5.41) is 4.57. The Balaban J connectivity index is 1.74. The number of hydrogen-bond acceptors (Lipinski definition) is 4. The quantitative estimate of drug-likeness (QED) is 0.896. The summed E-state index contributed by atoms with van der Waals surface area (Å²) < 4.78 is 1.85. The van der Waals surface area contributed by atoms with Gasteiger partial charge in [0.1, 0.15) is 0 Å². The van der Waals surface area contributed by atoms with E-state index in [0.717, 1.165) is 29.4 Å². The number of fused-ring (bicyclic) bond motifs is 1. The van der Waals surface area contributed by atoms with E-state index in [1.807, 2.05) is 22.8 Å². The Kier molecular flexibility index (Phi) is 3.48. The van der Waals surface area contributed by atoms with Crippen LogP contribution in [-0.4, -0.2) is 39.6 Å². The fraction of sp³-hybridized carbons (Fsp3) is 0.571. The molecule has 0 bridgehead atoms. The molecule has 19 heavy (non-hydrogen) atoms. The molecule has 2 aromatic heterocycles. The standard InChI is InChI=1S/C14H21N5/c1-18-6-4-11(5-7-18)8-13-16-14-3-2-12(9-15)10-19(14)17-13/h2-3,10-11H,4-9,15H2,1H3. The monoisotopic (exact) mass is 259 g/mol. The normalized spacial score (nSPS) is 18.2. The van der Waals surface area contributed by atoms with Crippen LogP contribution in [0.5, 0.6) is 0 Å². The molecule has 2 aromatic rings. The average Bonchev–Trinajstić information content (AvgIpc) is 2.82. The molecule has 2 N–H and O–H groups in total. The lowest BCUT2D eigenvalue weighted by Crippen LogP contribution is -2.31. The number of rotatable bonds is 3. The van der Waals surface area contributed by atoms with Crippen LogP contribution in [0.25, 0.3) is 5.65 Å². The third-order valence-electron chi connectivity index (χ3n) is 3.98. The maximum atomic E-state index is 5.64. The Bertz CT molecular complexity index is 554. The second-order valence-corrected chi connectivity index (χ2v) is 5.52. The van der Waals surface area contributed by atoms with Crippen molar-refractivity contribution in [3.8, 4) is 0 Å². The molecular formula is C14H21N5. The highest BCUT2D eigenvalue weighted by Gasteiger charge is 2.18. The van der Waals surface area contributed by atoms with Crippen molar-refractivity contribution in [2.24, 2.45) is 11.7 Å². The zero-order valence-corrected chi connectivity index (χ0v) is 11.4. The molecule has 3 heterocycles. The maximum absolute atomic E-state index is 5.64. The number of pyridine rings is 1. The van der Waals surface area contributed by atoms with Crippen molar-refractivity contribution in [1.82, 2.24) is 19.5 Å². The van der Waals surface area contributed by atoms with Crippen molar-refractivity contribution in [1.29, 1.82) is 0 Å². The molecule has 0 radical (unpaired) electrons. The molecule has 0 aliphatic carbocycles. The van der Waals surface area contributed by atoms with Crippen molar-refractivity contribution >= 4 is 5.65 Å². The summed E-state index contributed by atoms with van der Waals surface area (Å²) in [7, 11) is 2.19. The number of hydrogen-bond donors (Lipinski definition) is 1. The summed E-state index contributed by atoms with van der Waals surface area (Å²) in [6.45, 7) is 2.92. The van der Waals surface area contributed by atoms with Gasteiger partial charge in [-0.25, -0.2) is 9.50 Å². The Hall–Kier alpha value is -1.46. The minimum Gasteiger partial charge on any atom is -0.326 e. The first-order chi connectivity index (χ1) is 9.24. The highest BCUT2D eigenvalue weighted by molar-refractivity contribution is 5.38. The van der Waals surface area contributed by atoms with Gasteiger partial charge in [0.15, 0.2) is 11.5 Å². The van der Waals surface area contributed by atoms with Gasteiger partial charge in [-0.15, -0.1) is 0 Å². The fourth-order valence-electron chi connectivity index (χ4n) is 2.70. The van der Waals surface area contributed by atoms with E-state index >= 15 is 0 Å². The molecule has 102 valence electrons. The lowest BCUT2D eigenvalue weighted by molar-refractivity contribution is 0.217. The van der Waals surface area contributed by atoms with E-state index in [1.165, 1.54) is 25.9 Å². The van der Waals surface area contributed by atoms with E-state index in [-0.39, 0.29) is 0 Å². The van der Waals surface area contributed by atoms with Crippen LogP contribution in [0.3, 0.4) is 0 Å². The number of nitrogens with two attached hydrogens (primary N) is 1. The molecule has 1 fully saturated rings. The molecule has 0 unspecified atom stereocenters. The van der Waals surface area contributed by atoms with Gasteiger partial charge in [-0.2, -0.15) is 5.10 Å². The van der Waals surface area contributed by atoms with Gasteiger partial charge in [-0.3, -0.25) is 0 Å². The van der Waals surface area contributed by atoms with Gasteiger partial charge in [-0.05, 0) is 50.5 Å². The molecule has 0 amide bonds. The molecule has 0 atom stereocenters. The second kappa shape index (κ2) is 5.27. The lowest BCUT2D eigenvalue weighted by atomic mass is 9.94. The van der Waals surface area contributed by atoms with Crippen molar-refractivity contribution in [3.63, 3.8) is 0 Å². The molecule has 1 saturated heterocycles. The average molecular weight is 259 g/mol. The molecule has 0 saturated carbocycles. The summed E-state index contributed by atoms with van der Waals surface area (Å²) in [5.74, 6) is 1.69. The fourth-order valence-corrected chi connectivity index (χ4v) is 2.70. The van der Waals surface area contributed by atoms with E-state index in [9.17, 15) is 0 Å². The van der Waals surface area contributed by atoms with E-state index in [1.54, 1.807) is 0 Å². The number of piperidine rings is 1. The van der Waals surface area contributed by atoms with Crippen LogP contribution in [0.2, 0.25) is 0 Å². The van der Waals surface area contributed by atoms with E-state index in [4.69, 9.17) is 5.73 Å². The topological polar surface area (TPSA) is 59.5 Å². The zero-order valence-electron chi connectivity index (χ0n) is 11.4. The molecule has 5 heteroatoms. The summed E-state index contributed by atoms with van der Waals surface area (Å²) >= 11 is 0. The first-order valence-electron chi connectivity index (χ1n) is 6.97. The summed E-state index contributed by atoms with van der Waals surface area (Å²) in [4.78, 5) is 6.99.